The van der Waals surface area contributed by atoms with Gasteiger partial charge in [-0.05, 0) is 12.8 Å². The number of nitrogens with two attached hydrogens (primary N) is 2. The van der Waals surface area contributed by atoms with E-state index in [1.54, 1.807) is 0 Å². The van der Waals surface area contributed by atoms with Crippen LogP contribution >= 0.6 is 0 Å². The van der Waals surface area contributed by atoms with Crippen LogP contribution in [0.15, 0.2) is 0 Å². The second-order valence-electron chi connectivity index (χ2n) is 2.60. The van der Waals surface area contributed by atoms with Crippen molar-refractivity contribution in [3.8, 4) is 0 Å². The molecule has 1 rings (SSSR count). The number of carbonyl (C=O) groups excluding carboxylic acids is 1. The highest BCUT2D eigenvalue weighted by Crippen LogP contribution is 2.22. The van der Waals surface area contributed by atoms with Gasteiger partial charge in [0.15, 0.2) is 0 Å². The Balaban J connectivity index is 2.49. The van der Waals surface area contributed by atoms with Crippen LogP contribution in [0.2, 0.25) is 0 Å². The number of rotatable bonds is 1. The second-order valence-corrected chi connectivity index (χ2v) is 2.60. The molecular formula is C6H12N2O. The van der Waals surface area contributed by atoms with Gasteiger partial charge >= 0.3 is 0 Å². The first-order chi connectivity index (χ1) is 4.22. The summed E-state index contributed by atoms with van der Waals surface area (Å²) in [7, 11) is 0. The van der Waals surface area contributed by atoms with E-state index in [2.05, 4.69) is 0 Å². The molecule has 0 aliphatic heterocycles. The van der Waals surface area contributed by atoms with Crippen LogP contribution in [-0.2, 0) is 4.79 Å². The summed E-state index contributed by atoms with van der Waals surface area (Å²) in [5, 5.41) is 0. The van der Waals surface area contributed by atoms with Crippen LogP contribution in [-0.4, -0.2) is 11.9 Å². The van der Waals surface area contributed by atoms with Crippen LogP contribution in [0, 0.1) is 5.92 Å². The average Bonchev–Trinajstić information content (AvgIpc) is 2.13. The molecule has 3 nitrogen and oxygen atoms in total. The van der Waals surface area contributed by atoms with Gasteiger partial charge in [-0.15, -0.1) is 0 Å². The summed E-state index contributed by atoms with van der Waals surface area (Å²) in [6.45, 7) is 0. The molecule has 1 fully saturated rings. The molecule has 1 aliphatic carbocycles. The van der Waals surface area contributed by atoms with Crippen molar-refractivity contribution in [1.29, 1.82) is 0 Å². The zero-order chi connectivity index (χ0) is 6.85. The van der Waals surface area contributed by atoms with Gasteiger partial charge in [-0.25, -0.2) is 0 Å². The summed E-state index contributed by atoms with van der Waals surface area (Å²) in [6.07, 6.45) is 2.89. The van der Waals surface area contributed by atoms with Gasteiger partial charge in [-0.3, -0.25) is 4.79 Å². The fourth-order valence-electron chi connectivity index (χ4n) is 1.34. The highest BCUT2D eigenvalue weighted by Gasteiger charge is 2.27. The number of primary amides is 1. The van der Waals surface area contributed by atoms with Crippen molar-refractivity contribution in [1.82, 2.24) is 0 Å². The highest BCUT2D eigenvalue weighted by atomic mass is 16.1. The Bertz CT molecular complexity index is 124. The number of carbonyl (C=O) groups is 1. The van der Waals surface area contributed by atoms with Crippen molar-refractivity contribution in [2.24, 2.45) is 17.4 Å². The molecule has 52 valence electrons. The maximum Gasteiger partial charge on any atom is 0.222 e. The van der Waals surface area contributed by atoms with Crippen molar-refractivity contribution in [2.75, 3.05) is 0 Å². The first kappa shape index (κ1) is 6.55. The summed E-state index contributed by atoms with van der Waals surface area (Å²) >= 11 is 0. The van der Waals surface area contributed by atoms with Crippen molar-refractivity contribution >= 4 is 5.91 Å². The number of hydrogen-bond acceptors (Lipinski definition) is 2. The van der Waals surface area contributed by atoms with Gasteiger partial charge in [0.05, 0.1) is 5.92 Å². The van der Waals surface area contributed by atoms with Crippen molar-refractivity contribution in [3.05, 3.63) is 0 Å². The Labute approximate surface area is 54.4 Å². The summed E-state index contributed by atoms with van der Waals surface area (Å²) in [5.74, 6) is -0.287. The minimum absolute atomic E-state index is 0.0301. The first-order valence-corrected chi connectivity index (χ1v) is 3.26. The van der Waals surface area contributed by atoms with Crippen LogP contribution < -0.4 is 11.5 Å². The van der Waals surface area contributed by atoms with Crippen LogP contribution in [0.4, 0.5) is 0 Å². The molecule has 9 heavy (non-hydrogen) atoms. The van der Waals surface area contributed by atoms with E-state index in [1.807, 2.05) is 0 Å². The zero-order valence-electron chi connectivity index (χ0n) is 5.34. The standard InChI is InChI=1S/C6H12N2O/c7-5-3-1-2-4(5)6(8)9/h4-5H,1-3,7H2,(H2,8,9)/t4-,5+/m0/s1. The quantitative estimate of drug-likeness (QED) is 0.504. The summed E-state index contributed by atoms with van der Waals surface area (Å²) in [5.41, 5.74) is 10.6. The van der Waals surface area contributed by atoms with Crippen molar-refractivity contribution in [2.45, 2.75) is 25.3 Å². The molecule has 0 saturated heterocycles. The Kier molecular flexibility index (Phi) is 1.71. The lowest BCUT2D eigenvalue weighted by Gasteiger charge is -2.08. The molecule has 0 bridgehead atoms. The smallest absolute Gasteiger partial charge is 0.222 e. The lowest BCUT2D eigenvalue weighted by atomic mass is 10.0. The minimum atomic E-state index is -0.236. The van der Waals surface area contributed by atoms with Crippen molar-refractivity contribution in [3.63, 3.8) is 0 Å². The van der Waals surface area contributed by atoms with Crippen LogP contribution in [0.25, 0.3) is 0 Å². The van der Waals surface area contributed by atoms with Gasteiger partial charge < -0.3 is 11.5 Å². The van der Waals surface area contributed by atoms with Gasteiger partial charge in [0.1, 0.15) is 0 Å². The third-order valence-corrected chi connectivity index (χ3v) is 1.93. The van der Waals surface area contributed by atoms with Gasteiger partial charge in [-0.2, -0.15) is 0 Å². The van der Waals surface area contributed by atoms with Gasteiger partial charge in [0.25, 0.3) is 0 Å². The maximum absolute atomic E-state index is 10.6. The van der Waals surface area contributed by atoms with E-state index in [-0.39, 0.29) is 17.9 Å². The molecule has 0 aromatic heterocycles. The molecule has 0 aromatic carbocycles. The predicted molar refractivity (Wildman–Crippen MR) is 34.5 cm³/mol. The summed E-state index contributed by atoms with van der Waals surface area (Å²) in [6, 6.07) is 0.0301. The Morgan fingerprint density at radius 2 is 2.11 bits per heavy atom. The van der Waals surface area contributed by atoms with E-state index in [0.29, 0.717) is 0 Å². The van der Waals surface area contributed by atoms with Gasteiger partial charge in [0.2, 0.25) is 5.91 Å². The summed E-state index contributed by atoms with van der Waals surface area (Å²) < 4.78 is 0. The molecule has 2 atom stereocenters. The maximum atomic E-state index is 10.6. The molecule has 1 amide bonds. The molecular weight excluding hydrogens is 116 g/mol. The Morgan fingerprint density at radius 1 is 1.44 bits per heavy atom. The molecule has 3 heteroatoms. The zero-order valence-corrected chi connectivity index (χ0v) is 5.34. The second kappa shape index (κ2) is 2.35. The molecule has 0 unspecified atom stereocenters. The topological polar surface area (TPSA) is 69.1 Å². The predicted octanol–water partition coefficient (Wildman–Crippen LogP) is -0.401. The van der Waals surface area contributed by atoms with E-state index < -0.39 is 0 Å². The Hall–Kier alpha value is -0.570. The van der Waals surface area contributed by atoms with E-state index in [1.165, 1.54) is 0 Å². The average molecular weight is 128 g/mol. The normalized spacial score (nSPS) is 34.8. The van der Waals surface area contributed by atoms with Crippen LogP contribution in [0.5, 0.6) is 0 Å². The fourth-order valence-corrected chi connectivity index (χ4v) is 1.34. The summed E-state index contributed by atoms with van der Waals surface area (Å²) in [4.78, 5) is 10.6. The SMILES string of the molecule is NC(=O)[C@H]1CCC[C@H]1N. The first-order valence-electron chi connectivity index (χ1n) is 3.26. The lowest BCUT2D eigenvalue weighted by Crippen LogP contribution is -2.34. The van der Waals surface area contributed by atoms with Crippen molar-refractivity contribution < 1.29 is 4.79 Å². The molecule has 0 heterocycles. The largest absolute Gasteiger partial charge is 0.369 e. The van der Waals surface area contributed by atoms with E-state index in [0.717, 1.165) is 19.3 Å². The minimum Gasteiger partial charge on any atom is -0.369 e. The molecule has 0 spiro atoms. The number of amides is 1. The number of hydrogen-bond donors (Lipinski definition) is 2. The lowest BCUT2D eigenvalue weighted by molar-refractivity contribution is -0.121. The highest BCUT2D eigenvalue weighted by molar-refractivity contribution is 5.77. The molecule has 0 radical (unpaired) electrons. The molecule has 1 aliphatic rings. The Morgan fingerprint density at radius 3 is 2.33 bits per heavy atom. The molecule has 0 aromatic rings. The fraction of sp³-hybridized carbons (Fsp3) is 0.833. The van der Waals surface area contributed by atoms with Gasteiger partial charge in [-0.1, -0.05) is 6.42 Å². The van der Waals surface area contributed by atoms with E-state index in [4.69, 9.17) is 11.5 Å². The van der Waals surface area contributed by atoms with Gasteiger partial charge in [0, 0.05) is 6.04 Å². The monoisotopic (exact) mass is 128 g/mol. The van der Waals surface area contributed by atoms with E-state index >= 15 is 0 Å². The molecule has 1 saturated carbocycles. The van der Waals surface area contributed by atoms with E-state index in [9.17, 15) is 4.79 Å². The third-order valence-electron chi connectivity index (χ3n) is 1.93. The molecule has 4 N–H and O–H groups in total. The van der Waals surface area contributed by atoms with Crippen LogP contribution in [0.1, 0.15) is 19.3 Å². The third kappa shape index (κ3) is 1.21. The van der Waals surface area contributed by atoms with Crippen LogP contribution in [0.3, 0.4) is 0 Å².